The zero-order valence-corrected chi connectivity index (χ0v) is 13.3. The fourth-order valence-corrected chi connectivity index (χ4v) is 2.19. The molecule has 0 radical (unpaired) electrons. The first kappa shape index (κ1) is 16.7. The van der Waals surface area contributed by atoms with Crippen molar-refractivity contribution in [3.8, 4) is 0 Å². The lowest BCUT2D eigenvalue weighted by atomic mass is 10.1. The fourth-order valence-electron chi connectivity index (χ4n) is 2.19. The second-order valence-corrected chi connectivity index (χ2v) is 5.21. The average molecular weight is 312 g/mol. The van der Waals surface area contributed by atoms with Gasteiger partial charge in [0.15, 0.2) is 0 Å². The van der Waals surface area contributed by atoms with Crippen LogP contribution in [0.2, 0.25) is 0 Å². The van der Waals surface area contributed by atoms with Crippen LogP contribution in [-0.4, -0.2) is 25.5 Å². The minimum absolute atomic E-state index is 0.167. The molecular formula is C18H20N2O3. The monoisotopic (exact) mass is 312 g/mol. The van der Waals surface area contributed by atoms with Gasteiger partial charge in [0, 0.05) is 12.2 Å². The molecule has 2 N–H and O–H groups in total. The number of benzene rings is 2. The Bertz CT molecular complexity index is 698. The van der Waals surface area contributed by atoms with Crippen LogP contribution in [0.15, 0.2) is 48.5 Å². The molecule has 0 aromatic heterocycles. The normalized spacial score (nSPS) is 10.2. The van der Waals surface area contributed by atoms with E-state index in [1.807, 2.05) is 25.1 Å². The maximum atomic E-state index is 11.9. The number of nitrogens with one attached hydrogen (secondary N) is 2. The molecule has 1 amide bonds. The first-order chi connectivity index (χ1) is 11.1. The summed E-state index contributed by atoms with van der Waals surface area (Å²) in [6.07, 6.45) is 0. The Morgan fingerprint density at radius 1 is 1.09 bits per heavy atom. The van der Waals surface area contributed by atoms with E-state index in [4.69, 9.17) is 0 Å². The van der Waals surface area contributed by atoms with Crippen LogP contribution in [0, 0.1) is 6.92 Å². The zero-order valence-electron chi connectivity index (χ0n) is 13.3. The number of ether oxygens (including phenoxy) is 1. The number of anilines is 1. The van der Waals surface area contributed by atoms with Crippen LogP contribution in [0.1, 0.15) is 21.5 Å². The predicted octanol–water partition coefficient (Wildman–Crippen LogP) is 2.51. The number of amides is 1. The molecule has 0 aliphatic carbocycles. The van der Waals surface area contributed by atoms with Crippen molar-refractivity contribution in [1.29, 1.82) is 0 Å². The highest BCUT2D eigenvalue weighted by molar-refractivity contribution is 5.95. The van der Waals surface area contributed by atoms with Gasteiger partial charge in [-0.1, -0.05) is 35.9 Å². The van der Waals surface area contributed by atoms with Crippen LogP contribution in [0.5, 0.6) is 0 Å². The summed E-state index contributed by atoms with van der Waals surface area (Å²) < 4.78 is 4.66. The van der Waals surface area contributed by atoms with Crippen molar-refractivity contribution in [2.75, 3.05) is 19.0 Å². The lowest BCUT2D eigenvalue weighted by Gasteiger charge is -2.08. The molecule has 0 aliphatic rings. The third-order valence-corrected chi connectivity index (χ3v) is 3.26. The van der Waals surface area contributed by atoms with E-state index in [0.29, 0.717) is 17.8 Å². The first-order valence-corrected chi connectivity index (χ1v) is 7.33. The van der Waals surface area contributed by atoms with E-state index in [1.54, 1.807) is 24.3 Å². The number of hydrogen-bond donors (Lipinski definition) is 2. The number of rotatable bonds is 6. The highest BCUT2D eigenvalue weighted by Crippen LogP contribution is 2.11. The quantitative estimate of drug-likeness (QED) is 0.804. The predicted molar refractivity (Wildman–Crippen MR) is 89.3 cm³/mol. The Labute approximate surface area is 135 Å². The lowest BCUT2D eigenvalue weighted by Crippen LogP contribution is -2.27. The van der Waals surface area contributed by atoms with E-state index in [2.05, 4.69) is 21.4 Å². The van der Waals surface area contributed by atoms with Crippen molar-refractivity contribution >= 4 is 17.6 Å². The maximum absolute atomic E-state index is 11.9. The van der Waals surface area contributed by atoms with Crippen LogP contribution in [-0.2, 0) is 16.1 Å². The lowest BCUT2D eigenvalue weighted by molar-refractivity contribution is -0.115. The first-order valence-electron chi connectivity index (χ1n) is 7.33. The maximum Gasteiger partial charge on any atom is 0.337 e. The van der Waals surface area contributed by atoms with Crippen molar-refractivity contribution < 1.29 is 14.3 Å². The Morgan fingerprint density at radius 3 is 2.61 bits per heavy atom. The van der Waals surface area contributed by atoms with E-state index in [-0.39, 0.29) is 12.5 Å². The minimum atomic E-state index is -0.432. The molecule has 23 heavy (non-hydrogen) atoms. The molecule has 0 saturated carbocycles. The molecule has 0 aliphatic heterocycles. The van der Waals surface area contributed by atoms with Crippen molar-refractivity contribution in [3.05, 3.63) is 65.2 Å². The molecule has 120 valence electrons. The molecule has 0 bridgehead atoms. The van der Waals surface area contributed by atoms with Gasteiger partial charge >= 0.3 is 5.97 Å². The summed E-state index contributed by atoms with van der Waals surface area (Å²) in [7, 11) is 1.32. The molecule has 0 fully saturated rings. The second-order valence-electron chi connectivity index (χ2n) is 5.21. The van der Waals surface area contributed by atoms with Crippen molar-refractivity contribution in [2.45, 2.75) is 13.5 Å². The van der Waals surface area contributed by atoms with Gasteiger partial charge in [-0.2, -0.15) is 0 Å². The summed E-state index contributed by atoms with van der Waals surface area (Å²) in [5.74, 6) is -0.599. The molecular weight excluding hydrogens is 292 g/mol. The average Bonchev–Trinajstić information content (AvgIpc) is 2.54. The summed E-state index contributed by atoms with van der Waals surface area (Å²) in [5.41, 5.74) is 3.28. The van der Waals surface area contributed by atoms with Crippen molar-refractivity contribution in [2.24, 2.45) is 0 Å². The number of aryl methyl sites for hydroxylation is 1. The SMILES string of the molecule is COC(=O)c1cccc(NC(=O)CNCc2cccc(C)c2)c1. The molecule has 0 saturated heterocycles. The molecule has 5 heteroatoms. The number of methoxy groups -OCH3 is 1. The Balaban J connectivity index is 1.84. The highest BCUT2D eigenvalue weighted by atomic mass is 16.5. The molecule has 0 atom stereocenters. The van der Waals surface area contributed by atoms with Crippen LogP contribution < -0.4 is 10.6 Å². The molecule has 0 spiro atoms. The Kier molecular flexibility index (Phi) is 5.88. The Morgan fingerprint density at radius 2 is 1.87 bits per heavy atom. The van der Waals surface area contributed by atoms with Crippen LogP contribution >= 0.6 is 0 Å². The highest BCUT2D eigenvalue weighted by Gasteiger charge is 2.07. The summed E-state index contributed by atoms with van der Waals surface area (Å²) in [5, 5.41) is 5.84. The number of carbonyl (C=O) groups excluding carboxylic acids is 2. The summed E-state index contributed by atoms with van der Waals surface area (Å²) in [6.45, 7) is 2.85. The number of hydrogen-bond acceptors (Lipinski definition) is 4. The third kappa shape index (κ3) is 5.23. The van der Waals surface area contributed by atoms with Gasteiger partial charge in [0.25, 0.3) is 0 Å². The largest absolute Gasteiger partial charge is 0.465 e. The van der Waals surface area contributed by atoms with Crippen molar-refractivity contribution in [3.63, 3.8) is 0 Å². The van der Waals surface area contributed by atoms with Gasteiger partial charge in [-0.05, 0) is 30.7 Å². The van der Waals surface area contributed by atoms with Gasteiger partial charge in [-0.25, -0.2) is 4.79 Å². The van der Waals surface area contributed by atoms with Gasteiger partial charge in [0.1, 0.15) is 0 Å². The number of carbonyl (C=O) groups is 2. The topological polar surface area (TPSA) is 67.4 Å². The van der Waals surface area contributed by atoms with E-state index in [1.165, 1.54) is 12.7 Å². The third-order valence-electron chi connectivity index (χ3n) is 3.26. The van der Waals surface area contributed by atoms with Gasteiger partial charge in [0.05, 0.1) is 19.2 Å². The van der Waals surface area contributed by atoms with Gasteiger partial charge < -0.3 is 15.4 Å². The van der Waals surface area contributed by atoms with Crippen LogP contribution in [0.25, 0.3) is 0 Å². The molecule has 0 heterocycles. The smallest absolute Gasteiger partial charge is 0.337 e. The molecule has 2 rings (SSSR count). The number of esters is 1. The van der Waals surface area contributed by atoms with Gasteiger partial charge in [0.2, 0.25) is 5.91 Å². The molecule has 2 aromatic carbocycles. The summed E-state index contributed by atoms with van der Waals surface area (Å²) in [4.78, 5) is 23.4. The van der Waals surface area contributed by atoms with E-state index in [9.17, 15) is 9.59 Å². The van der Waals surface area contributed by atoms with Crippen LogP contribution in [0.4, 0.5) is 5.69 Å². The standard InChI is InChI=1S/C18H20N2O3/c1-13-5-3-6-14(9-13)11-19-12-17(21)20-16-8-4-7-15(10-16)18(22)23-2/h3-10,19H,11-12H2,1-2H3,(H,20,21). The van der Waals surface area contributed by atoms with E-state index in [0.717, 1.165) is 5.56 Å². The zero-order chi connectivity index (χ0) is 16.7. The second kappa shape index (κ2) is 8.10. The van der Waals surface area contributed by atoms with Crippen molar-refractivity contribution in [1.82, 2.24) is 5.32 Å². The molecule has 0 unspecified atom stereocenters. The minimum Gasteiger partial charge on any atom is -0.465 e. The van der Waals surface area contributed by atoms with E-state index >= 15 is 0 Å². The fraction of sp³-hybridized carbons (Fsp3) is 0.222. The van der Waals surface area contributed by atoms with Gasteiger partial charge in [-0.3, -0.25) is 4.79 Å². The molecule has 5 nitrogen and oxygen atoms in total. The summed E-state index contributed by atoms with van der Waals surface area (Å²) in [6, 6.07) is 14.8. The van der Waals surface area contributed by atoms with Gasteiger partial charge in [-0.15, -0.1) is 0 Å². The molecule has 2 aromatic rings. The van der Waals surface area contributed by atoms with Crippen LogP contribution in [0.3, 0.4) is 0 Å². The Hall–Kier alpha value is -2.66. The summed E-state index contributed by atoms with van der Waals surface area (Å²) >= 11 is 0. The van der Waals surface area contributed by atoms with E-state index < -0.39 is 5.97 Å².